The van der Waals surface area contributed by atoms with E-state index in [0.29, 0.717) is 6.42 Å². The molecule has 1 aliphatic carbocycles. The Balaban J connectivity index is 1.59. The third kappa shape index (κ3) is 8.24. The average Bonchev–Trinajstić information content (AvgIpc) is 2.63. The zero-order valence-electron chi connectivity index (χ0n) is 16.0. The molecular formula is C21H30N2O4. The van der Waals surface area contributed by atoms with E-state index < -0.39 is 5.97 Å². The maximum atomic E-state index is 12.1. The predicted octanol–water partition coefficient (Wildman–Crippen LogP) is 2.73. The van der Waals surface area contributed by atoms with Crippen molar-refractivity contribution in [1.29, 1.82) is 0 Å². The van der Waals surface area contributed by atoms with E-state index in [2.05, 4.69) is 41.8 Å². The summed E-state index contributed by atoms with van der Waals surface area (Å²) in [6.07, 6.45) is 5.46. The molecule has 1 saturated carbocycles. The average molecular weight is 374 g/mol. The summed E-state index contributed by atoms with van der Waals surface area (Å²) < 4.78 is 0. The molecule has 0 atom stereocenters. The van der Waals surface area contributed by atoms with Gasteiger partial charge >= 0.3 is 5.97 Å². The van der Waals surface area contributed by atoms with Gasteiger partial charge in [-0.2, -0.15) is 0 Å². The molecule has 6 heteroatoms. The number of carbonyl (C=O) groups is 3. The third-order valence-corrected chi connectivity index (χ3v) is 5.01. The second-order valence-corrected chi connectivity index (χ2v) is 7.42. The van der Waals surface area contributed by atoms with Crippen LogP contribution in [0, 0.1) is 6.92 Å². The lowest BCUT2D eigenvalue weighted by molar-refractivity contribution is -0.139. The monoisotopic (exact) mass is 374 g/mol. The van der Waals surface area contributed by atoms with Gasteiger partial charge in [0.1, 0.15) is 0 Å². The van der Waals surface area contributed by atoms with Crippen LogP contribution >= 0.6 is 0 Å². The summed E-state index contributed by atoms with van der Waals surface area (Å²) in [6, 6.07) is 8.66. The largest absolute Gasteiger partial charge is 0.481 e. The number of nitrogens with one attached hydrogen (secondary N) is 2. The minimum Gasteiger partial charge on any atom is -0.481 e. The van der Waals surface area contributed by atoms with Crippen LogP contribution in [0.1, 0.15) is 62.5 Å². The maximum absolute atomic E-state index is 12.1. The molecule has 0 radical (unpaired) electrons. The van der Waals surface area contributed by atoms with E-state index >= 15 is 0 Å². The second-order valence-electron chi connectivity index (χ2n) is 7.42. The summed E-state index contributed by atoms with van der Waals surface area (Å²) in [5.41, 5.74) is 2.50. The summed E-state index contributed by atoms with van der Waals surface area (Å²) >= 11 is 0. The van der Waals surface area contributed by atoms with Gasteiger partial charge in [-0.25, -0.2) is 0 Å². The lowest BCUT2D eigenvalue weighted by atomic mass is 9.91. The van der Waals surface area contributed by atoms with Gasteiger partial charge in [0.05, 0.1) is 6.42 Å². The van der Waals surface area contributed by atoms with Gasteiger partial charge in [-0.3, -0.25) is 14.4 Å². The van der Waals surface area contributed by atoms with Crippen molar-refractivity contribution in [1.82, 2.24) is 10.6 Å². The predicted molar refractivity (Wildman–Crippen MR) is 103 cm³/mol. The molecule has 1 aromatic carbocycles. The molecule has 148 valence electrons. The molecule has 6 nitrogen and oxygen atoms in total. The molecule has 1 aromatic rings. The molecule has 1 aliphatic rings. The summed E-state index contributed by atoms with van der Waals surface area (Å²) in [6.45, 7) is 2.06. The molecule has 0 bridgehead atoms. The number of carbonyl (C=O) groups excluding carboxylic acids is 2. The Morgan fingerprint density at radius 2 is 1.41 bits per heavy atom. The van der Waals surface area contributed by atoms with Crippen LogP contribution in [-0.4, -0.2) is 35.0 Å². The van der Waals surface area contributed by atoms with Crippen LogP contribution in [0.2, 0.25) is 0 Å². The second kappa shape index (κ2) is 10.7. The first-order chi connectivity index (χ1) is 12.9. The molecule has 0 aliphatic heterocycles. The fourth-order valence-corrected chi connectivity index (χ4v) is 3.41. The van der Waals surface area contributed by atoms with Gasteiger partial charge in [0.25, 0.3) is 0 Å². The molecule has 0 unspecified atom stereocenters. The molecule has 3 N–H and O–H groups in total. The Hall–Kier alpha value is -2.37. The SMILES string of the molecule is Cc1ccc(CCCC(=O)NC2CCC(NC(=O)CCC(=O)O)CC2)cc1. The van der Waals surface area contributed by atoms with Gasteiger partial charge in [0, 0.05) is 24.9 Å². The molecular weight excluding hydrogens is 344 g/mol. The number of rotatable bonds is 9. The van der Waals surface area contributed by atoms with Crippen molar-refractivity contribution in [3.8, 4) is 0 Å². The van der Waals surface area contributed by atoms with Crippen LogP contribution in [0.15, 0.2) is 24.3 Å². The van der Waals surface area contributed by atoms with E-state index in [0.717, 1.165) is 38.5 Å². The normalized spacial score (nSPS) is 19.3. The number of carboxylic acid groups (broad SMARTS) is 1. The highest BCUT2D eigenvalue weighted by atomic mass is 16.4. The summed E-state index contributed by atoms with van der Waals surface area (Å²) in [7, 11) is 0. The number of carboxylic acids is 1. The van der Waals surface area contributed by atoms with Gasteiger partial charge in [-0.05, 0) is 51.0 Å². The fourth-order valence-electron chi connectivity index (χ4n) is 3.41. The van der Waals surface area contributed by atoms with E-state index in [1.165, 1.54) is 11.1 Å². The summed E-state index contributed by atoms with van der Waals surface area (Å²) in [5, 5.41) is 14.6. The molecule has 27 heavy (non-hydrogen) atoms. The quantitative estimate of drug-likeness (QED) is 0.619. The van der Waals surface area contributed by atoms with Crippen LogP contribution < -0.4 is 10.6 Å². The van der Waals surface area contributed by atoms with Crippen molar-refractivity contribution in [2.24, 2.45) is 0 Å². The Morgan fingerprint density at radius 1 is 0.889 bits per heavy atom. The highest BCUT2D eigenvalue weighted by Gasteiger charge is 2.23. The molecule has 0 aromatic heterocycles. The summed E-state index contributed by atoms with van der Waals surface area (Å²) in [5.74, 6) is -1.07. The van der Waals surface area contributed by atoms with E-state index in [1.54, 1.807) is 0 Å². The minimum atomic E-state index is -0.959. The van der Waals surface area contributed by atoms with E-state index in [9.17, 15) is 14.4 Å². The number of amides is 2. The Labute approximate surface area is 160 Å². The van der Waals surface area contributed by atoms with Crippen LogP contribution in [0.25, 0.3) is 0 Å². The number of hydrogen-bond donors (Lipinski definition) is 3. The van der Waals surface area contributed by atoms with Gasteiger partial charge in [-0.15, -0.1) is 0 Å². The topological polar surface area (TPSA) is 95.5 Å². The maximum Gasteiger partial charge on any atom is 0.303 e. The highest BCUT2D eigenvalue weighted by Crippen LogP contribution is 2.19. The Morgan fingerprint density at radius 3 is 1.93 bits per heavy atom. The van der Waals surface area contributed by atoms with Crippen molar-refractivity contribution in [2.45, 2.75) is 76.8 Å². The lowest BCUT2D eigenvalue weighted by Gasteiger charge is -2.29. The van der Waals surface area contributed by atoms with Crippen molar-refractivity contribution >= 4 is 17.8 Å². The van der Waals surface area contributed by atoms with Crippen LogP contribution in [0.3, 0.4) is 0 Å². The first kappa shape index (κ1) is 20.9. The first-order valence-electron chi connectivity index (χ1n) is 9.78. The lowest BCUT2D eigenvalue weighted by Crippen LogP contribution is -2.43. The first-order valence-corrected chi connectivity index (χ1v) is 9.78. The van der Waals surface area contributed by atoms with Crippen molar-refractivity contribution in [2.75, 3.05) is 0 Å². The van der Waals surface area contributed by atoms with E-state index in [-0.39, 0.29) is 36.7 Å². The molecule has 2 rings (SSSR count). The molecule has 0 spiro atoms. The molecule has 2 amide bonds. The number of aliphatic carboxylic acids is 1. The number of aryl methyl sites for hydroxylation is 2. The number of hydrogen-bond acceptors (Lipinski definition) is 3. The smallest absolute Gasteiger partial charge is 0.303 e. The van der Waals surface area contributed by atoms with Crippen LogP contribution in [-0.2, 0) is 20.8 Å². The van der Waals surface area contributed by atoms with Crippen molar-refractivity contribution in [3.63, 3.8) is 0 Å². The van der Waals surface area contributed by atoms with E-state index in [1.807, 2.05) is 0 Å². The van der Waals surface area contributed by atoms with Gasteiger partial charge in [0.15, 0.2) is 0 Å². The van der Waals surface area contributed by atoms with Crippen LogP contribution in [0.5, 0.6) is 0 Å². The van der Waals surface area contributed by atoms with Crippen molar-refractivity contribution < 1.29 is 19.5 Å². The van der Waals surface area contributed by atoms with Crippen molar-refractivity contribution in [3.05, 3.63) is 35.4 Å². The highest BCUT2D eigenvalue weighted by molar-refractivity contribution is 5.80. The summed E-state index contributed by atoms with van der Waals surface area (Å²) in [4.78, 5) is 34.3. The molecule has 0 saturated heterocycles. The third-order valence-electron chi connectivity index (χ3n) is 5.01. The van der Waals surface area contributed by atoms with Gasteiger partial charge < -0.3 is 15.7 Å². The Kier molecular flexibility index (Phi) is 8.30. The Bertz CT molecular complexity index is 634. The number of benzene rings is 1. The minimum absolute atomic E-state index is 0.0208. The van der Waals surface area contributed by atoms with Gasteiger partial charge in [-0.1, -0.05) is 29.8 Å². The zero-order chi connectivity index (χ0) is 19.6. The standard InChI is InChI=1S/C21H30N2O4/c1-15-5-7-16(8-6-15)3-2-4-19(24)22-17-9-11-18(12-10-17)23-20(25)13-14-21(26)27/h5-8,17-18H,2-4,9-14H2,1H3,(H,22,24)(H,23,25)(H,26,27). The molecule has 0 heterocycles. The molecule has 1 fully saturated rings. The fraction of sp³-hybridized carbons (Fsp3) is 0.571. The van der Waals surface area contributed by atoms with Crippen LogP contribution in [0.4, 0.5) is 0 Å². The zero-order valence-corrected chi connectivity index (χ0v) is 16.0. The van der Waals surface area contributed by atoms with E-state index in [4.69, 9.17) is 5.11 Å². The van der Waals surface area contributed by atoms with Gasteiger partial charge in [0.2, 0.25) is 11.8 Å².